The van der Waals surface area contributed by atoms with Crippen LogP contribution in [0.25, 0.3) is 0 Å². The number of anilines is 1. The van der Waals surface area contributed by atoms with E-state index >= 15 is 0 Å². The van der Waals surface area contributed by atoms with Gasteiger partial charge in [-0.15, -0.1) is 6.58 Å². The van der Waals surface area contributed by atoms with Crippen molar-refractivity contribution in [3.8, 4) is 0 Å². The lowest BCUT2D eigenvalue weighted by Crippen LogP contribution is -2.37. The molecule has 6 nitrogen and oxygen atoms in total. The first-order chi connectivity index (χ1) is 14.5. The lowest BCUT2D eigenvalue weighted by atomic mass is 9.99. The van der Waals surface area contributed by atoms with Crippen LogP contribution in [0.4, 0.5) is 5.69 Å². The van der Waals surface area contributed by atoms with Crippen LogP contribution in [-0.2, 0) is 20.9 Å². The number of likely N-dealkylation sites (N-methyl/N-ethyl adjacent to an activating group) is 1. The van der Waals surface area contributed by atoms with Gasteiger partial charge in [-0.05, 0) is 30.3 Å². The lowest BCUT2D eigenvalue weighted by Gasteiger charge is -2.37. The summed E-state index contributed by atoms with van der Waals surface area (Å²) in [6.07, 6.45) is 1.98. The van der Waals surface area contributed by atoms with E-state index < -0.39 is 6.29 Å². The molecule has 0 aliphatic carbocycles. The number of carbonyl (C=O) groups is 1. The minimum Gasteiger partial charge on any atom is -0.392 e. The Morgan fingerprint density at radius 1 is 1.17 bits per heavy atom. The predicted molar refractivity (Wildman–Crippen MR) is 117 cm³/mol. The van der Waals surface area contributed by atoms with Crippen molar-refractivity contribution in [1.82, 2.24) is 4.90 Å². The number of hydrogen-bond acceptors (Lipinski definition) is 5. The van der Waals surface area contributed by atoms with Gasteiger partial charge in [0.1, 0.15) is 0 Å². The SMILES string of the molecule is C=CCN(C)C[C@@H]1C[C@H](c2ccc(CO)cc2)O[C@H](c2ccc(NC(C)=O)cc2)O1. The number of aliphatic hydroxyl groups excluding tert-OH is 1. The molecule has 2 aromatic rings. The standard InChI is InChI=1S/C24H30N2O4/c1-4-13-26(3)15-22-14-23(19-7-5-18(16-27)6-8-19)30-24(29-22)20-9-11-21(12-10-20)25-17(2)28/h4-12,22-24,27H,1,13-16H2,2-3H3,(H,25,28)/t22-,23+,24+/m0/s1. The van der Waals surface area contributed by atoms with Crippen LogP contribution in [0.2, 0.25) is 0 Å². The Balaban J connectivity index is 1.79. The molecule has 0 bridgehead atoms. The van der Waals surface area contributed by atoms with Gasteiger partial charge in [0.05, 0.1) is 18.8 Å². The topological polar surface area (TPSA) is 71.0 Å². The minimum absolute atomic E-state index is 0.00811. The molecule has 3 rings (SSSR count). The summed E-state index contributed by atoms with van der Waals surface area (Å²) >= 11 is 0. The van der Waals surface area contributed by atoms with Gasteiger partial charge in [-0.25, -0.2) is 0 Å². The zero-order valence-electron chi connectivity index (χ0n) is 17.6. The van der Waals surface area contributed by atoms with Crippen LogP contribution < -0.4 is 5.32 Å². The molecular weight excluding hydrogens is 380 g/mol. The molecule has 1 heterocycles. The molecule has 0 saturated carbocycles. The van der Waals surface area contributed by atoms with E-state index in [1.807, 2.05) is 61.7 Å². The summed E-state index contributed by atoms with van der Waals surface area (Å²) in [5.41, 5.74) is 3.57. The minimum atomic E-state index is -0.505. The van der Waals surface area contributed by atoms with Crippen LogP contribution >= 0.6 is 0 Å². The fourth-order valence-electron chi connectivity index (χ4n) is 3.60. The van der Waals surface area contributed by atoms with Crippen LogP contribution in [0, 0.1) is 0 Å². The zero-order valence-corrected chi connectivity index (χ0v) is 17.6. The molecule has 0 unspecified atom stereocenters. The Morgan fingerprint density at radius 3 is 2.43 bits per heavy atom. The predicted octanol–water partition coefficient (Wildman–Crippen LogP) is 3.80. The van der Waals surface area contributed by atoms with Crippen molar-refractivity contribution < 1.29 is 19.4 Å². The number of rotatable bonds is 8. The van der Waals surface area contributed by atoms with E-state index in [-0.39, 0.29) is 24.7 Å². The van der Waals surface area contributed by atoms with Crippen molar-refractivity contribution in [3.05, 3.63) is 77.9 Å². The third kappa shape index (κ3) is 6.00. The van der Waals surface area contributed by atoms with Crippen molar-refractivity contribution in [2.24, 2.45) is 0 Å². The zero-order chi connectivity index (χ0) is 21.5. The van der Waals surface area contributed by atoms with Gasteiger partial charge in [0, 0.05) is 37.7 Å². The summed E-state index contributed by atoms with van der Waals surface area (Å²) in [6.45, 7) is 6.86. The van der Waals surface area contributed by atoms with Crippen LogP contribution in [0.1, 0.15) is 42.4 Å². The molecule has 1 aliphatic heterocycles. The smallest absolute Gasteiger partial charge is 0.221 e. The molecule has 2 aromatic carbocycles. The summed E-state index contributed by atoms with van der Waals surface area (Å²) in [4.78, 5) is 13.4. The molecule has 1 fully saturated rings. The Kier molecular flexibility index (Phi) is 7.76. The lowest BCUT2D eigenvalue weighted by molar-refractivity contribution is -0.252. The first kappa shape index (κ1) is 22.2. The number of carbonyl (C=O) groups excluding carboxylic acids is 1. The molecule has 6 heteroatoms. The van der Waals surface area contributed by atoms with E-state index in [1.54, 1.807) is 0 Å². The van der Waals surface area contributed by atoms with Crippen LogP contribution in [-0.4, -0.2) is 42.2 Å². The van der Waals surface area contributed by atoms with Gasteiger partial charge in [-0.2, -0.15) is 0 Å². The first-order valence-electron chi connectivity index (χ1n) is 10.2. The molecule has 0 radical (unpaired) electrons. The van der Waals surface area contributed by atoms with Crippen molar-refractivity contribution in [2.45, 2.75) is 38.4 Å². The average molecular weight is 411 g/mol. The second kappa shape index (κ2) is 10.5. The number of ether oxygens (including phenoxy) is 2. The normalized spacial score (nSPS) is 21.4. The third-order valence-corrected chi connectivity index (χ3v) is 5.07. The van der Waals surface area contributed by atoms with Gasteiger partial charge in [0.2, 0.25) is 5.91 Å². The Bertz CT molecular complexity index is 835. The van der Waals surface area contributed by atoms with E-state index in [9.17, 15) is 9.90 Å². The van der Waals surface area contributed by atoms with Crippen molar-refractivity contribution in [3.63, 3.8) is 0 Å². The number of nitrogens with one attached hydrogen (secondary N) is 1. The highest BCUT2D eigenvalue weighted by molar-refractivity contribution is 5.88. The van der Waals surface area contributed by atoms with Crippen LogP contribution in [0.5, 0.6) is 0 Å². The van der Waals surface area contributed by atoms with E-state index in [2.05, 4.69) is 16.8 Å². The first-order valence-corrected chi connectivity index (χ1v) is 10.2. The number of nitrogens with zero attached hydrogens (tertiary/aromatic N) is 1. The highest BCUT2D eigenvalue weighted by Crippen LogP contribution is 2.38. The Labute approximate surface area is 178 Å². The van der Waals surface area contributed by atoms with E-state index in [0.29, 0.717) is 0 Å². The quantitative estimate of drug-likeness (QED) is 0.648. The molecule has 160 valence electrons. The average Bonchev–Trinajstić information content (AvgIpc) is 2.74. The van der Waals surface area contributed by atoms with Gasteiger partial charge in [0.25, 0.3) is 0 Å². The number of aliphatic hydroxyl groups is 1. The summed E-state index contributed by atoms with van der Waals surface area (Å²) < 4.78 is 12.6. The van der Waals surface area contributed by atoms with E-state index in [1.165, 1.54) is 6.92 Å². The molecule has 0 aromatic heterocycles. The molecule has 3 atom stereocenters. The highest BCUT2D eigenvalue weighted by atomic mass is 16.7. The molecule has 2 N–H and O–H groups in total. The summed E-state index contributed by atoms with van der Waals surface area (Å²) in [5.74, 6) is -0.107. The Morgan fingerprint density at radius 2 is 1.83 bits per heavy atom. The van der Waals surface area contributed by atoms with Crippen molar-refractivity contribution in [1.29, 1.82) is 0 Å². The molecule has 0 spiro atoms. The number of benzene rings is 2. The number of hydrogen-bond donors (Lipinski definition) is 2. The summed E-state index contributed by atoms with van der Waals surface area (Å²) in [7, 11) is 2.04. The van der Waals surface area contributed by atoms with Crippen molar-refractivity contribution in [2.75, 3.05) is 25.5 Å². The molecule has 1 aliphatic rings. The molecule has 1 amide bonds. The second-order valence-electron chi connectivity index (χ2n) is 7.66. The summed E-state index contributed by atoms with van der Waals surface area (Å²) in [6, 6.07) is 15.4. The summed E-state index contributed by atoms with van der Waals surface area (Å²) in [5, 5.41) is 12.1. The fraction of sp³-hybridized carbons (Fsp3) is 0.375. The van der Waals surface area contributed by atoms with E-state index in [4.69, 9.17) is 9.47 Å². The van der Waals surface area contributed by atoms with Gasteiger partial charge in [-0.1, -0.05) is 42.5 Å². The van der Waals surface area contributed by atoms with Gasteiger partial charge >= 0.3 is 0 Å². The molecule has 1 saturated heterocycles. The second-order valence-corrected chi connectivity index (χ2v) is 7.66. The molecular formula is C24H30N2O4. The van der Waals surface area contributed by atoms with Crippen molar-refractivity contribution >= 4 is 11.6 Å². The maximum absolute atomic E-state index is 11.3. The van der Waals surface area contributed by atoms with Gasteiger partial charge in [0.15, 0.2) is 6.29 Å². The number of amides is 1. The van der Waals surface area contributed by atoms with Gasteiger partial charge in [-0.3, -0.25) is 4.79 Å². The largest absolute Gasteiger partial charge is 0.392 e. The van der Waals surface area contributed by atoms with Gasteiger partial charge < -0.3 is 24.8 Å². The van der Waals surface area contributed by atoms with Crippen LogP contribution in [0.3, 0.4) is 0 Å². The monoisotopic (exact) mass is 410 g/mol. The maximum atomic E-state index is 11.3. The third-order valence-electron chi connectivity index (χ3n) is 5.07. The van der Waals surface area contributed by atoms with E-state index in [0.717, 1.165) is 41.9 Å². The maximum Gasteiger partial charge on any atom is 0.221 e. The molecule has 30 heavy (non-hydrogen) atoms. The fourth-order valence-corrected chi connectivity index (χ4v) is 3.60. The Hall–Kier alpha value is -2.51. The van der Waals surface area contributed by atoms with Crippen LogP contribution in [0.15, 0.2) is 61.2 Å². The highest BCUT2D eigenvalue weighted by Gasteiger charge is 2.32.